The van der Waals surface area contributed by atoms with E-state index in [0.717, 1.165) is 6.26 Å². The highest BCUT2D eigenvalue weighted by Gasteiger charge is 2.17. The van der Waals surface area contributed by atoms with Crippen molar-refractivity contribution < 1.29 is 17.6 Å². The third kappa shape index (κ3) is 7.54. The fourth-order valence-corrected chi connectivity index (χ4v) is 2.74. The summed E-state index contributed by atoms with van der Waals surface area (Å²) in [5.41, 5.74) is 0.397. The van der Waals surface area contributed by atoms with Crippen LogP contribution in [-0.2, 0) is 21.4 Å². The normalized spacial score (nSPS) is 11.9. The fraction of sp³-hybridized carbons (Fsp3) is 0.533. The minimum absolute atomic E-state index is 0.0367. The number of nitrogens with zero attached hydrogens (tertiary/aromatic N) is 2. The van der Waals surface area contributed by atoms with Crippen LogP contribution in [0, 0.1) is 5.82 Å². The Hall–Kier alpha value is -1.51. The van der Waals surface area contributed by atoms with Crippen molar-refractivity contribution in [3.05, 3.63) is 35.6 Å². The number of sulfonamides is 1. The molecule has 0 aliphatic carbocycles. The molecule has 0 bridgehead atoms. The van der Waals surface area contributed by atoms with Gasteiger partial charge in [-0.3, -0.25) is 4.79 Å². The Labute approximate surface area is 137 Å². The van der Waals surface area contributed by atoms with Gasteiger partial charge in [-0.15, -0.1) is 0 Å². The van der Waals surface area contributed by atoms with Crippen LogP contribution in [0.4, 0.5) is 4.39 Å². The van der Waals surface area contributed by atoms with E-state index in [-0.39, 0.29) is 31.2 Å². The number of hydrogen-bond acceptors (Lipinski definition) is 4. The Balaban J connectivity index is 2.47. The third-order valence-corrected chi connectivity index (χ3v) is 4.59. The van der Waals surface area contributed by atoms with Gasteiger partial charge in [0.15, 0.2) is 0 Å². The Morgan fingerprint density at radius 2 is 1.83 bits per heavy atom. The molecule has 0 unspecified atom stereocenters. The number of amides is 1. The summed E-state index contributed by atoms with van der Waals surface area (Å²) in [4.78, 5) is 13.7. The number of halogens is 1. The number of benzene rings is 1. The van der Waals surface area contributed by atoms with Crippen molar-refractivity contribution in [3.63, 3.8) is 0 Å². The van der Waals surface area contributed by atoms with Crippen molar-refractivity contribution in [2.24, 2.45) is 0 Å². The number of likely N-dealkylation sites (N-methyl/N-ethyl adjacent to an activating group) is 1. The summed E-state index contributed by atoms with van der Waals surface area (Å²) >= 11 is 0. The summed E-state index contributed by atoms with van der Waals surface area (Å²) in [6, 6.07) is 6.19. The van der Waals surface area contributed by atoms with Crippen LogP contribution in [0.5, 0.6) is 0 Å². The lowest BCUT2D eigenvalue weighted by molar-refractivity contribution is -0.121. The molecule has 0 heterocycles. The Morgan fingerprint density at radius 3 is 2.39 bits per heavy atom. The van der Waals surface area contributed by atoms with E-state index in [9.17, 15) is 17.6 Å². The number of rotatable bonds is 9. The van der Waals surface area contributed by atoms with Gasteiger partial charge in [0.1, 0.15) is 5.82 Å². The first-order chi connectivity index (χ1) is 10.7. The first-order valence-electron chi connectivity index (χ1n) is 7.30. The quantitative estimate of drug-likeness (QED) is 0.714. The van der Waals surface area contributed by atoms with Crippen LogP contribution in [0.25, 0.3) is 0 Å². The lowest BCUT2D eigenvalue weighted by atomic mass is 10.2. The largest absolute Gasteiger partial charge is 0.352 e. The maximum absolute atomic E-state index is 13.4. The van der Waals surface area contributed by atoms with Gasteiger partial charge in [0.25, 0.3) is 0 Å². The molecule has 130 valence electrons. The smallest absolute Gasteiger partial charge is 0.221 e. The van der Waals surface area contributed by atoms with E-state index in [0.29, 0.717) is 18.7 Å². The minimum atomic E-state index is -3.36. The SMILES string of the molecule is CN(C)CCN(CCC(=O)NCc1ccccc1F)S(C)(=O)=O. The van der Waals surface area contributed by atoms with E-state index in [1.807, 2.05) is 19.0 Å². The molecule has 8 heteroatoms. The second kappa shape index (κ2) is 8.95. The highest BCUT2D eigenvalue weighted by Crippen LogP contribution is 2.06. The second-order valence-corrected chi connectivity index (χ2v) is 7.57. The van der Waals surface area contributed by atoms with Gasteiger partial charge in [-0.25, -0.2) is 17.1 Å². The van der Waals surface area contributed by atoms with E-state index in [1.54, 1.807) is 18.2 Å². The number of carbonyl (C=O) groups is 1. The molecule has 0 fully saturated rings. The van der Waals surface area contributed by atoms with Crippen LogP contribution in [0.15, 0.2) is 24.3 Å². The van der Waals surface area contributed by atoms with Gasteiger partial charge in [0.05, 0.1) is 6.26 Å². The van der Waals surface area contributed by atoms with Crippen molar-refractivity contribution in [1.29, 1.82) is 0 Å². The molecule has 1 amide bonds. The molecule has 0 spiro atoms. The zero-order valence-electron chi connectivity index (χ0n) is 13.8. The van der Waals surface area contributed by atoms with Gasteiger partial charge >= 0.3 is 0 Å². The molecule has 6 nitrogen and oxygen atoms in total. The fourth-order valence-electron chi connectivity index (χ4n) is 1.91. The Morgan fingerprint density at radius 1 is 1.17 bits per heavy atom. The number of carbonyl (C=O) groups excluding carboxylic acids is 1. The molecule has 0 atom stereocenters. The first kappa shape index (κ1) is 19.5. The highest BCUT2D eigenvalue weighted by molar-refractivity contribution is 7.88. The van der Waals surface area contributed by atoms with Crippen LogP contribution >= 0.6 is 0 Å². The molecule has 0 saturated carbocycles. The van der Waals surface area contributed by atoms with Crippen molar-refractivity contribution in [2.75, 3.05) is 40.0 Å². The molecule has 1 rings (SSSR count). The van der Waals surface area contributed by atoms with Gasteiger partial charge in [-0.1, -0.05) is 18.2 Å². The van der Waals surface area contributed by atoms with E-state index in [4.69, 9.17) is 0 Å². The van der Waals surface area contributed by atoms with Gasteiger partial charge in [0.2, 0.25) is 15.9 Å². The molecule has 0 radical (unpaired) electrons. The summed E-state index contributed by atoms with van der Waals surface area (Å²) in [5.74, 6) is -0.691. The van der Waals surface area contributed by atoms with Gasteiger partial charge < -0.3 is 10.2 Å². The maximum atomic E-state index is 13.4. The average Bonchev–Trinajstić information content (AvgIpc) is 2.44. The minimum Gasteiger partial charge on any atom is -0.352 e. The van der Waals surface area contributed by atoms with Crippen LogP contribution in [-0.4, -0.2) is 63.5 Å². The Bertz CT molecular complexity index is 620. The number of hydrogen-bond donors (Lipinski definition) is 1. The van der Waals surface area contributed by atoms with Gasteiger partial charge in [-0.2, -0.15) is 0 Å². The predicted molar refractivity (Wildman–Crippen MR) is 87.8 cm³/mol. The summed E-state index contributed by atoms with van der Waals surface area (Å²) in [5, 5.41) is 2.60. The lowest BCUT2D eigenvalue weighted by Crippen LogP contribution is -2.38. The van der Waals surface area contributed by atoms with Crippen molar-refractivity contribution in [2.45, 2.75) is 13.0 Å². The zero-order chi connectivity index (χ0) is 17.5. The third-order valence-electron chi connectivity index (χ3n) is 3.29. The monoisotopic (exact) mass is 345 g/mol. The Kier molecular flexibility index (Phi) is 7.60. The van der Waals surface area contributed by atoms with Crippen LogP contribution < -0.4 is 5.32 Å². The molecule has 1 aromatic carbocycles. The summed E-state index contributed by atoms with van der Waals surface area (Å²) in [7, 11) is 0.334. The summed E-state index contributed by atoms with van der Waals surface area (Å²) in [6.07, 6.45) is 1.16. The van der Waals surface area contributed by atoms with Crippen molar-refractivity contribution in [3.8, 4) is 0 Å². The predicted octanol–water partition coefficient (Wildman–Crippen LogP) is 0.655. The average molecular weight is 345 g/mol. The second-order valence-electron chi connectivity index (χ2n) is 5.58. The van der Waals surface area contributed by atoms with Crippen molar-refractivity contribution >= 4 is 15.9 Å². The molecular formula is C15H24FN3O3S. The van der Waals surface area contributed by atoms with Crippen LogP contribution in [0.1, 0.15) is 12.0 Å². The van der Waals surface area contributed by atoms with Gasteiger partial charge in [0, 0.05) is 38.2 Å². The molecule has 23 heavy (non-hydrogen) atoms. The number of nitrogens with one attached hydrogen (secondary N) is 1. The molecular weight excluding hydrogens is 321 g/mol. The van der Waals surface area contributed by atoms with Crippen LogP contribution in [0.3, 0.4) is 0 Å². The van der Waals surface area contributed by atoms with E-state index >= 15 is 0 Å². The molecule has 0 aliphatic heterocycles. The maximum Gasteiger partial charge on any atom is 0.221 e. The molecule has 1 N–H and O–H groups in total. The summed E-state index contributed by atoms with van der Waals surface area (Å²) < 4.78 is 38.1. The van der Waals surface area contributed by atoms with E-state index < -0.39 is 10.0 Å². The van der Waals surface area contributed by atoms with E-state index in [2.05, 4.69) is 5.32 Å². The first-order valence-corrected chi connectivity index (χ1v) is 9.15. The van der Waals surface area contributed by atoms with E-state index in [1.165, 1.54) is 10.4 Å². The molecule has 0 saturated heterocycles. The lowest BCUT2D eigenvalue weighted by Gasteiger charge is -2.21. The zero-order valence-corrected chi connectivity index (χ0v) is 14.6. The topological polar surface area (TPSA) is 69.7 Å². The van der Waals surface area contributed by atoms with Crippen LogP contribution in [0.2, 0.25) is 0 Å². The molecule has 1 aromatic rings. The summed E-state index contributed by atoms with van der Waals surface area (Å²) in [6.45, 7) is 1.09. The molecule has 0 aromatic heterocycles. The highest BCUT2D eigenvalue weighted by atomic mass is 32.2. The van der Waals surface area contributed by atoms with Gasteiger partial charge in [-0.05, 0) is 20.2 Å². The molecule has 0 aliphatic rings. The standard InChI is InChI=1S/C15H24FN3O3S/c1-18(2)10-11-19(23(3,21)22)9-8-15(20)17-12-13-6-4-5-7-14(13)16/h4-7H,8-12H2,1-3H3,(H,17,20). The van der Waals surface area contributed by atoms with Crippen molar-refractivity contribution in [1.82, 2.24) is 14.5 Å².